The Morgan fingerprint density at radius 1 is 1.00 bits per heavy atom. The Balaban J connectivity index is 0.00000544. The number of amides is 1. The number of ether oxygens (including phenoxy) is 2. The topological polar surface area (TPSA) is 172 Å². The smallest absolute Gasteiger partial charge is 0.408 e. The number of alkyl carbamates (subject to hydrolysis) is 1. The average molecular weight is 480 g/mol. The molecule has 0 radical (unpaired) electrons. The fourth-order valence-electron chi connectivity index (χ4n) is 2.63. The maximum absolute atomic E-state index is 12.5. The lowest BCUT2D eigenvalue weighted by molar-refractivity contribution is -0.384. The molecule has 0 saturated heterocycles. The molecule has 5 N–H and O–H groups in total. The number of benzene rings is 2. The quantitative estimate of drug-likeness (QED) is 0.110. The largest absolute Gasteiger partial charge is 0.459 e. The predicted octanol–water partition coefficient (Wildman–Crippen LogP) is 2.41. The van der Waals surface area contributed by atoms with Crippen LogP contribution < -0.4 is 16.8 Å². The fraction of sp³-hybridized carbons (Fsp3) is 0.286. The second-order valence-electron chi connectivity index (χ2n) is 6.74. The number of esters is 1. The number of hydrogen-bond donors (Lipinski definition) is 3. The number of nitro benzene ring substituents is 1. The van der Waals surface area contributed by atoms with E-state index in [4.69, 9.17) is 20.9 Å². The molecule has 2 aromatic carbocycles. The third kappa shape index (κ3) is 10.3. The van der Waals surface area contributed by atoms with Crippen LogP contribution >= 0.6 is 12.4 Å². The molecule has 0 aliphatic carbocycles. The van der Waals surface area contributed by atoms with E-state index in [-0.39, 0.29) is 50.2 Å². The van der Waals surface area contributed by atoms with Crippen molar-refractivity contribution in [1.29, 1.82) is 0 Å². The molecule has 1 amide bonds. The van der Waals surface area contributed by atoms with Crippen molar-refractivity contribution in [2.24, 2.45) is 16.5 Å². The molecule has 11 nitrogen and oxygen atoms in total. The zero-order chi connectivity index (χ0) is 23.3. The summed E-state index contributed by atoms with van der Waals surface area (Å²) in [5.41, 5.74) is 11.9. The van der Waals surface area contributed by atoms with Crippen LogP contribution in [0.3, 0.4) is 0 Å². The van der Waals surface area contributed by atoms with Gasteiger partial charge < -0.3 is 26.3 Å². The van der Waals surface area contributed by atoms with Gasteiger partial charge in [0, 0.05) is 18.7 Å². The van der Waals surface area contributed by atoms with Gasteiger partial charge in [-0.15, -0.1) is 12.4 Å². The van der Waals surface area contributed by atoms with Gasteiger partial charge in [0.1, 0.15) is 19.3 Å². The molecule has 12 heteroatoms. The molecule has 0 aliphatic heterocycles. The van der Waals surface area contributed by atoms with E-state index in [9.17, 15) is 19.7 Å². The van der Waals surface area contributed by atoms with Gasteiger partial charge in [-0.05, 0) is 36.1 Å². The maximum Gasteiger partial charge on any atom is 0.408 e. The highest BCUT2D eigenvalue weighted by Crippen LogP contribution is 2.13. The van der Waals surface area contributed by atoms with Crippen LogP contribution in [0.5, 0.6) is 0 Å². The van der Waals surface area contributed by atoms with Gasteiger partial charge >= 0.3 is 12.1 Å². The van der Waals surface area contributed by atoms with Crippen LogP contribution in [0, 0.1) is 10.1 Å². The number of aliphatic imine (C=N–C) groups is 1. The van der Waals surface area contributed by atoms with Crippen molar-refractivity contribution in [3.63, 3.8) is 0 Å². The molecular formula is C21H26ClN5O6. The molecule has 2 rings (SSSR count). The molecule has 0 aromatic heterocycles. The highest BCUT2D eigenvalue weighted by molar-refractivity contribution is 5.85. The minimum absolute atomic E-state index is 0. The molecule has 0 saturated carbocycles. The normalized spacial score (nSPS) is 10.8. The van der Waals surface area contributed by atoms with E-state index >= 15 is 0 Å². The Labute approximate surface area is 196 Å². The first kappa shape index (κ1) is 27.2. The molecular weight excluding hydrogens is 454 g/mol. The minimum atomic E-state index is -0.981. The van der Waals surface area contributed by atoms with E-state index in [1.54, 1.807) is 12.1 Å². The zero-order valence-electron chi connectivity index (χ0n) is 17.7. The Morgan fingerprint density at radius 3 is 2.21 bits per heavy atom. The summed E-state index contributed by atoms with van der Waals surface area (Å²) in [6.45, 7) is 0.211. The van der Waals surface area contributed by atoms with Crippen molar-refractivity contribution < 1.29 is 24.0 Å². The molecule has 0 fully saturated rings. The third-order valence-electron chi connectivity index (χ3n) is 4.26. The van der Waals surface area contributed by atoms with Gasteiger partial charge in [-0.25, -0.2) is 9.59 Å². The number of halogens is 1. The molecule has 33 heavy (non-hydrogen) atoms. The molecule has 178 valence electrons. The lowest BCUT2D eigenvalue weighted by Crippen LogP contribution is -2.42. The first-order valence-electron chi connectivity index (χ1n) is 9.77. The van der Waals surface area contributed by atoms with Crippen LogP contribution in [0.4, 0.5) is 10.5 Å². The predicted molar refractivity (Wildman–Crippen MR) is 124 cm³/mol. The molecule has 0 spiro atoms. The van der Waals surface area contributed by atoms with Crippen molar-refractivity contribution in [2.75, 3.05) is 6.54 Å². The number of carbonyl (C=O) groups is 2. The van der Waals surface area contributed by atoms with Crippen molar-refractivity contribution in [3.8, 4) is 0 Å². The van der Waals surface area contributed by atoms with Gasteiger partial charge in [-0.3, -0.25) is 15.1 Å². The molecule has 1 unspecified atom stereocenters. The van der Waals surface area contributed by atoms with E-state index in [0.717, 1.165) is 5.56 Å². The summed E-state index contributed by atoms with van der Waals surface area (Å²) >= 11 is 0. The molecule has 0 heterocycles. The van der Waals surface area contributed by atoms with E-state index in [0.29, 0.717) is 12.0 Å². The highest BCUT2D eigenvalue weighted by atomic mass is 35.5. The van der Waals surface area contributed by atoms with E-state index in [1.165, 1.54) is 24.3 Å². The van der Waals surface area contributed by atoms with Crippen LogP contribution in [-0.2, 0) is 27.5 Å². The molecule has 0 aliphatic rings. The van der Waals surface area contributed by atoms with Gasteiger partial charge in [0.2, 0.25) is 0 Å². The van der Waals surface area contributed by atoms with E-state index in [1.807, 2.05) is 18.2 Å². The van der Waals surface area contributed by atoms with Crippen molar-refractivity contribution in [1.82, 2.24) is 5.32 Å². The summed E-state index contributed by atoms with van der Waals surface area (Å²) in [5, 5.41) is 13.2. The lowest BCUT2D eigenvalue weighted by atomic mass is 10.1. The van der Waals surface area contributed by atoms with Gasteiger partial charge in [-0.2, -0.15) is 0 Å². The minimum Gasteiger partial charge on any atom is -0.459 e. The van der Waals surface area contributed by atoms with Crippen molar-refractivity contribution in [3.05, 3.63) is 75.8 Å². The summed E-state index contributed by atoms with van der Waals surface area (Å²) in [6, 6.07) is 13.7. The fourth-order valence-corrected chi connectivity index (χ4v) is 2.63. The van der Waals surface area contributed by atoms with Gasteiger partial charge in [0.15, 0.2) is 5.96 Å². The summed E-state index contributed by atoms with van der Waals surface area (Å²) < 4.78 is 10.4. The second kappa shape index (κ2) is 14.2. The number of nitrogens with zero attached hydrogens (tertiary/aromatic N) is 2. The van der Waals surface area contributed by atoms with Crippen LogP contribution in [0.25, 0.3) is 0 Å². The second-order valence-corrected chi connectivity index (χ2v) is 6.74. The van der Waals surface area contributed by atoms with E-state index < -0.39 is 23.0 Å². The SMILES string of the molecule is Cl.NC(N)=NCCCC(NC(=O)OCc1ccccc1)C(=O)OCc1ccc([N+](=O)[O-])cc1. The van der Waals surface area contributed by atoms with Crippen molar-refractivity contribution in [2.45, 2.75) is 32.1 Å². The third-order valence-corrected chi connectivity index (χ3v) is 4.26. The number of non-ortho nitro benzene ring substituents is 1. The first-order chi connectivity index (χ1) is 15.3. The number of nitrogens with two attached hydrogens (primary N) is 2. The number of rotatable bonds is 11. The Hall–Kier alpha value is -3.86. The number of guanidine groups is 1. The summed E-state index contributed by atoms with van der Waals surface area (Å²) in [7, 11) is 0. The van der Waals surface area contributed by atoms with Gasteiger partial charge in [0.25, 0.3) is 5.69 Å². The van der Waals surface area contributed by atoms with Crippen molar-refractivity contribution >= 4 is 36.1 Å². The molecule has 0 bridgehead atoms. The number of nitrogens with one attached hydrogen (secondary N) is 1. The monoisotopic (exact) mass is 479 g/mol. The Bertz CT molecular complexity index is 936. The Kier molecular flexibility index (Phi) is 11.7. The van der Waals surface area contributed by atoms with Crippen LogP contribution in [-0.4, -0.2) is 35.5 Å². The average Bonchev–Trinajstić information content (AvgIpc) is 2.78. The number of hydrogen-bond acceptors (Lipinski definition) is 7. The van der Waals surface area contributed by atoms with Crippen LogP contribution in [0.1, 0.15) is 24.0 Å². The van der Waals surface area contributed by atoms with Crippen LogP contribution in [0.2, 0.25) is 0 Å². The first-order valence-corrected chi connectivity index (χ1v) is 9.77. The summed E-state index contributed by atoms with van der Waals surface area (Å²) in [6.07, 6.45) is -0.141. The van der Waals surface area contributed by atoms with E-state index in [2.05, 4.69) is 10.3 Å². The Morgan fingerprint density at radius 2 is 1.61 bits per heavy atom. The molecule has 2 aromatic rings. The lowest BCUT2D eigenvalue weighted by Gasteiger charge is -2.17. The maximum atomic E-state index is 12.5. The zero-order valence-corrected chi connectivity index (χ0v) is 18.5. The van der Waals surface area contributed by atoms with Crippen LogP contribution in [0.15, 0.2) is 59.6 Å². The number of carbonyl (C=O) groups excluding carboxylic acids is 2. The highest BCUT2D eigenvalue weighted by Gasteiger charge is 2.23. The molecule has 1 atom stereocenters. The standard InChI is InChI=1S/C21H25N5O6.ClH/c22-20(23)24-12-4-7-18(25-21(28)32-14-15-5-2-1-3-6-15)19(27)31-13-16-8-10-17(11-9-16)26(29)30;/h1-3,5-6,8-11,18H,4,7,12-14H2,(H,25,28)(H4,22,23,24);1H. The number of nitro groups is 1. The summed E-state index contributed by atoms with van der Waals surface area (Å²) in [4.78, 5) is 38.8. The summed E-state index contributed by atoms with van der Waals surface area (Å²) in [5.74, 6) is -0.748. The van der Waals surface area contributed by atoms with Gasteiger partial charge in [0.05, 0.1) is 4.92 Å². The van der Waals surface area contributed by atoms with Gasteiger partial charge in [-0.1, -0.05) is 30.3 Å².